The molecule has 0 saturated heterocycles. The Morgan fingerprint density at radius 2 is 1.93 bits per heavy atom. The fraction of sp³-hybridized carbons (Fsp3) is 0.350. The van der Waals surface area contributed by atoms with E-state index < -0.39 is 0 Å². The molecule has 2 aromatic heterocycles. The fourth-order valence-corrected chi connectivity index (χ4v) is 2.98. The van der Waals surface area contributed by atoms with Crippen LogP contribution < -0.4 is 16.0 Å². The van der Waals surface area contributed by atoms with Crippen LogP contribution in [0, 0.1) is 0 Å². The zero-order valence-corrected chi connectivity index (χ0v) is 15.3. The summed E-state index contributed by atoms with van der Waals surface area (Å²) in [6.07, 6.45) is 6.53. The third-order valence-corrected chi connectivity index (χ3v) is 4.65. The summed E-state index contributed by atoms with van der Waals surface area (Å²) in [5, 5.41) is 9.55. The quantitative estimate of drug-likeness (QED) is 0.563. The zero-order chi connectivity index (χ0) is 18.6. The molecule has 0 spiro atoms. The number of rotatable bonds is 7. The van der Waals surface area contributed by atoms with Crippen molar-refractivity contribution in [3.63, 3.8) is 0 Å². The molecule has 7 heteroatoms. The molecule has 1 saturated carbocycles. The van der Waals surface area contributed by atoms with Crippen LogP contribution in [0.4, 0.5) is 23.1 Å². The molecule has 1 aromatic carbocycles. The van der Waals surface area contributed by atoms with Gasteiger partial charge >= 0.3 is 0 Å². The third-order valence-electron chi connectivity index (χ3n) is 4.65. The lowest BCUT2D eigenvalue weighted by atomic mass is 9.93. The molecule has 0 aliphatic heterocycles. The van der Waals surface area contributed by atoms with Crippen LogP contribution in [0.1, 0.15) is 39.0 Å². The summed E-state index contributed by atoms with van der Waals surface area (Å²) in [6, 6.07) is 9.79. The van der Waals surface area contributed by atoms with Crippen LogP contribution in [0.2, 0.25) is 0 Å². The van der Waals surface area contributed by atoms with Crippen molar-refractivity contribution in [2.45, 2.75) is 45.1 Å². The van der Waals surface area contributed by atoms with E-state index in [-0.39, 0.29) is 5.91 Å². The Bertz CT molecular complexity index is 931. The van der Waals surface area contributed by atoms with E-state index in [0.717, 1.165) is 42.0 Å². The van der Waals surface area contributed by atoms with Crippen molar-refractivity contribution in [1.82, 2.24) is 9.97 Å². The first kappa shape index (κ1) is 17.3. The third kappa shape index (κ3) is 4.02. The molecule has 0 atom stereocenters. The molecule has 2 heterocycles. The van der Waals surface area contributed by atoms with Gasteiger partial charge < -0.3 is 20.4 Å². The monoisotopic (exact) mass is 365 g/mol. The summed E-state index contributed by atoms with van der Waals surface area (Å²) in [4.78, 5) is 20.8. The molecule has 27 heavy (non-hydrogen) atoms. The van der Waals surface area contributed by atoms with Crippen LogP contribution in [0.15, 0.2) is 41.0 Å². The van der Waals surface area contributed by atoms with Crippen molar-refractivity contribution in [3.05, 3.63) is 36.6 Å². The minimum atomic E-state index is 0.0265. The van der Waals surface area contributed by atoms with E-state index in [4.69, 9.17) is 4.42 Å². The maximum absolute atomic E-state index is 11.7. The number of nitrogens with zero attached hydrogens (tertiary/aromatic N) is 2. The van der Waals surface area contributed by atoms with E-state index in [1.54, 1.807) is 6.26 Å². The molecule has 1 aliphatic rings. The van der Waals surface area contributed by atoms with Crippen molar-refractivity contribution in [1.29, 1.82) is 0 Å². The van der Waals surface area contributed by atoms with Gasteiger partial charge in [0.2, 0.25) is 11.9 Å². The highest BCUT2D eigenvalue weighted by atomic mass is 16.3. The van der Waals surface area contributed by atoms with Crippen molar-refractivity contribution in [3.8, 4) is 0 Å². The van der Waals surface area contributed by atoms with Crippen LogP contribution in [-0.4, -0.2) is 21.9 Å². The predicted octanol–water partition coefficient (Wildman–Crippen LogP) is 4.67. The second kappa shape index (κ2) is 7.65. The number of carbonyl (C=O) groups is 1. The van der Waals surface area contributed by atoms with E-state index in [1.807, 2.05) is 37.3 Å². The number of aromatic nitrogens is 2. The molecular weight excluding hydrogens is 342 g/mol. The van der Waals surface area contributed by atoms with E-state index in [1.165, 1.54) is 6.42 Å². The highest BCUT2D eigenvalue weighted by molar-refractivity contribution is 5.91. The van der Waals surface area contributed by atoms with Gasteiger partial charge in [0.25, 0.3) is 0 Å². The molecular formula is C20H23N5O2. The second-order valence-corrected chi connectivity index (χ2v) is 6.80. The van der Waals surface area contributed by atoms with Crippen LogP contribution >= 0.6 is 0 Å². The lowest BCUT2D eigenvalue weighted by Gasteiger charge is -2.26. The summed E-state index contributed by atoms with van der Waals surface area (Å²) in [5.74, 6) is 1.26. The number of hydrogen-bond acceptors (Lipinski definition) is 6. The van der Waals surface area contributed by atoms with E-state index in [2.05, 4.69) is 25.9 Å². The molecule has 1 fully saturated rings. The Kier molecular flexibility index (Phi) is 4.91. The van der Waals surface area contributed by atoms with Crippen molar-refractivity contribution < 1.29 is 9.21 Å². The number of nitrogens with one attached hydrogen (secondary N) is 3. The molecule has 3 N–H and O–H groups in total. The number of amides is 1. The minimum absolute atomic E-state index is 0.0265. The first-order chi connectivity index (χ1) is 13.2. The summed E-state index contributed by atoms with van der Waals surface area (Å²) in [7, 11) is 0. The number of benzene rings is 1. The summed E-state index contributed by atoms with van der Waals surface area (Å²) in [6.45, 7) is 1.98. The molecule has 0 unspecified atom stereocenters. The van der Waals surface area contributed by atoms with Crippen LogP contribution in [-0.2, 0) is 4.79 Å². The largest absolute Gasteiger partial charge is 0.459 e. The Morgan fingerprint density at radius 3 is 2.63 bits per heavy atom. The molecule has 140 valence electrons. The van der Waals surface area contributed by atoms with Crippen molar-refractivity contribution in [2.24, 2.45) is 0 Å². The number of fused-ring (bicyclic) bond motifs is 1. The molecule has 7 nitrogen and oxygen atoms in total. The smallest absolute Gasteiger partial charge is 0.229 e. The number of furan rings is 1. The van der Waals surface area contributed by atoms with Gasteiger partial charge in [-0.15, -0.1) is 0 Å². The van der Waals surface area contributed by atoms with Gasteiger partial charge in [-0.1, -0.05) is 6.92 Å². The summed E-state index contributed by atoms with van der Waals surface area (Å²) in [5.41, 5.74) is 3.07. The molecule has 1 aliphatic carbocycles. The Morgan fingerprint density at radius 1 is 1.15 bits per heavy atom. The Labute approximate surface area is 157 Å². The van der Waals surface area contributed by atoms with Gasteiger partial charge in [0, 0.05) is 29.9 Å². The van der Waals surface area contributed by atoms with Gasteiger partial charge in [-0.05, 0) is 49.9 Å². The van der Waals surface area contributed by atoms with Crippen LogP contribution in [0.3, 0.4) is 0 Å². The number of hydrogen-bond donors (Lipinski definition) is 3. The Balaban J connectivity index is 1.50. The lowest BCUT2D eigenvalue weighted by molar-refractivity contribution is -0.116. The predicted molar refractivity (Wildman–Crippen MR) is 106 cm³/mol. The van der Waals surface area contributed by atoms with Crippen molar-refractivity contribution >= 4 is 40.1 Å². The summed E-state index contributed by atoms with van der Waals surface area (Å²) >= 11 is 0. The first-order valence-corrected chi connectivity index (χ1v) is 9.40. The zero-order valence-electron chi connectivity index (χ0n) is 15.3. The average molecular weight is 365 g/mol. The molecule has 0 radical (unpaired) electrons. The van der Waals surface area contributed by atoms with Crippen LogP contribution in [0.25, 0.3) is 11.1 Å². The minimum Gasteiger partial charge on any atom is -0.459 e. The molecule has 4 rings (SSSR count). The van der Waals surface area contributed by atoms with Gasteiger partial charge in [-0.25, -0.2) is 4.98 Å². The van der Waals surface area contributed by atoms with Crippen LogP contribution in [0.5, 0.6) is 0 Å². The topological polar surface area (TPSA) is 92.1 Å². The van der Waals surface area contributed by atoms with Gasteiger partial charge in [-0.3, -0.25) is 4.79 Å². The maximum Gasteiger partial charge on any atom is 0.229 e. The average Bonchev–Trinajstić information content (AvgIpc) is 3.08. The van der Waals surface area contributed by atoms with E-state index in [9.17, 15) is 4.79 Å². The van der Waals surface area contributed by atoms with Gasteiger partial charge in [-0.2, -0.15) is 4.98 Å². The fourth-order valence-electron chi connectivity index (χ4n) is 2.98. The first-order valence-electron chi connectivity index (χ1n) is 9.40. The molecule has 1 amide bonds. The van der Waals surface area contributed by atoms with E-state index >= 15 is 0 Å². The van der Waals surface area contributed by atoms with Crippen molar-refractivity contribution in [2.75, 3.05) is 16.0 Å². The van der Waals surface area contributed by atoms with Gasteiger partial charge in [0.05, 0.1) is 6.26 Å². The van der Waals surface area contributed by atoms with E-state index in [0.29, 0.717) is 24.0 Å². The molecule has 3 aromatic rings. The second-order valence-electron chi connectivity index (χ2n) is 6.80. The highest BCUT2D eigenvalue weighted by Gasteiger charge is 2.20. The maximum atomic E-state index is 11.7. The number of carbonyl (C=O) groups excluding carboxylic acids is 1. The highest BCUT2D eigenvalue weighted by Crippen LogP contribution is 2.29. The summed E-state index contributed by atoms with van der Waals surface area (Å²) < 4.78 is 5.54. The molecule has 0 bridgehead atoms. The van der Waals surface area contributed by atoms with Gasteiger partial charge in [0.1, 0.15) is 5.52 Å². The Hall–Kier alpha value is -3.09. The lowest BCUT2D eigenvalue weighted by Crippen LogP contribution is -2.27. The standard InChI is InChI=1S/C20H23N5O2/c1-2-4-17(26)21-14-7-9-15(10-8-14)23-20-24-16-11-12-27-18(16)19(25-20)22-13-5-3-6-13/h7-13H,2-6H2,1H3,(H,21,26)(H2,22,23,24,25). The normalized spacial score (nSPS) is 14.0. The van der Waals surface area contributed by atoms with Gasteiger partial charge in [0.15, 0.2) is 11.4 Å². The SMILES string of the molecule is CCCC(=O)Nc1ccc(Nc2nc(NC3CCC3)c3occc3n2)cc1. The number of anilines is 4.